The van der Waals surface area contributed by atoms with Gasteiger partial charge in [0.15, 0.2) is 0 Å². The summed E-state index contributed by atoms with van der Waals surface area (Å²) in [6.45, 7) is 2.73. The molecule has 13 heavy (non-hydrogen) atoms. The summed E-state index contributed by atoms with van der Waals surface area (Å²) in [5, 5.41) is 3.52. The molecule has 1 N–H and O–H groups in total. The SMILES string of the molecule is CO[C@@H]1CCC[C@H]1[C@@H]1COCCN1. The predicted molar refractivity (Wildman–Crippen MR) is 50.7 cm³/mol. The monoisotopic (exact) mass is 185 g/mol. The van der Waals surface area contributed by atoms with Gasteiger partial charge in [0.2, 0.25) is 0 Å². The van der Waals surface area contributed by atoms with E-state index in [4.69, 9.17) is 9.47 Å². The first-order valence-corrected chi connectivity index (χ1v) is 5.25. The summed E-state index contributed by atoms with van der Waals surface area (Å²) in [5.41, 5.74) is 0. The van der Waals surface area contributed by atoms with Crippen molar-refractivity contribution in [3.8, 4) is 0 Å². The van der Waals surface area contributed by atoms with Gasteiger partial charge in [-0.2, -0.15) is 0 Å². The summed E-state index contributed by atoms with van der Waals surface area (Å²) in [5.74, 6) is 0.672. The molecule has 1 heterocycles. The van der Waals surface area contributed by atoms with Gasteiger partial charge in [-0.05, 0) is 12.8 Å². The summed E-state index contributed by atoms with van der Waals surface area (Å²) >= 11 is 0. The molecule has 76 valence electrons. The van der Waals surface area contributed by atoms with E-state index in [1.165, 1.54) is 19.3 Å². The fourth-order valence-electron chi connectivity index (χ4n) is 2.57. The van der Waals surface area contributed by atoms with E-state index >= 15 is 0 Å². The molecule has 2 fully saturated rings. The largest absolute Gasteiger partial charge is 0.381 e. The van der Waals surface area contributed by atoms with E-state index in [2.05, 4.69) is 5.32 Å². The molecule has 1 aliphatic heterocycles. The van der Waals surface area contributed by atoms with Crippen molar-refractivity contribution in [2.24, 2.45) is 5.92 Å². The van der Waals surface area contributed by atoms with Crippen LogP contribution in [0.3, 0.4) is 0 Å². The van der Waals surface area contributed by atoms with Crippen LogP contribution in [0, 0.1) is 5.92 Å². The first-order valence-electron chi connectivity index (χ1n) is 5.25. The van der Waals surface area contributed by atoms with Crippen molar-refractivity contribution >= 4 is 0 Å². The molecule has 3 heteroatoms. The predicted octanol–water partition coefficient (Wildman–Crippen LogP) is 0.790. The minimum Gasteiger partial charge on any atom is -0.381 e. The van der Waals surface area contributed by atoms with Gasteiger partial charge < -0.3 is 14.8 Å². The molecule has 1 saturated carbocycles. The Bertz CT molecular complexity index is 157. The van der Waals surface area contributed by atoms with Crippen LogP contribution in [0.2, 0.25) is 0 Å². The standard InChI is InChI=1S/C10H19NO2/c1-12-10-4-2-3-8(10)9-7-13-6-5-11-9/h8-11H,2-7H2,1H3/t8-,9-,10+/m0/s1. The molecule has 0 aromatic heterocycles. The Kier molecular flexibility index (Phi) is 3.19. The summed E-state index contributed by atoms with van der Waals surface area (Å²) in [7, 11) is 1.83. The molecule has 2 aliphatic rings. The van der Waals surface area contributed by atoms with E-state index in [-0.39, 0.29) is 0 Å². The van der Waals surface area contributed by atoms with Crippen molar-refractivity contribution in [1.82, 2.24) is 5.32 Å². The maximum Gasteiger partial charge on any atom is 0.0623 e. The van der Waals surface area contributed by atoms with Crippen LogP contribution in [0.1, 0.15) is 19.3 Å². The van der Waals surface area contributed by atoms with E-state index in [1.54, 1.807) is 0 Å². The topological polar surface area (TPSA) is 30.5 Å². The number of methoxy groups -OCH3 is 1. The first-order chi connectivity index (χ1) is 6.42. The lowest BCUT2D eigenvalue weighted by Gasteiger charge is -2.31. The maximum absolute atomic E-state index is 5.48. The van der Waals surface area contributed by atoms with Crippen molar-refractivity contribution < 1.29 is 9.47 Å². The van der Waals surface area contributed by atoms with Crippen molar-refractivity contribution in [3.05, 3.63) is 0 Å². The second-order valence-corrected chi connectivity index (χ2v) is 4.00. The fraction of sp³-hybridized carbons (Fsp3) is 1.00. The van der Waals surface area contributed by atoms with Crippen LogP contribution in [0.5, 0.6) is 0 Å². The highest BCUT2D eigenvalue weighted by Crippen LogP contribution is 2.31. The molecule has 0 aromatic rings. The molecule has 0 spiro atoms. The maximum atomic E-state index is 5.48. The molecule has 1 saturated heterocycles. The van der Waals surface area contributed by atoms with E-state index in [9.17, 15) is 0 Å². The Hall–Kier alpha value is -0.120. The van der Waals surface area contributed by atoms with Crippen LogP contribution in [-0.4, -0.2) is 39.0 Å². The molecule has 1 aliphatic carbocycles. The quantitative estimate of drug-likeness (QED) is 0.690. The van der Waals surface area contributed by atoms with Crippen LogP contribution in [0.15, 0.2) is 0 Å². The summed E-state index contributed by atoms with van der Waals surface area (Å²) in [6, 6.07) is 0.529. The molecule has 0 unspecified atom stereocenters. The van der Waals surface area contributed by atoms with Crippen LogP contribution < -0.4 is 5.32 Å². The van der Waals surface area contributed by atoms with Gasteiger partial charge >= 0.3 is 0 Å². The number of rotatable bonds is 2. The second kappa shape index (κ2) is 4.40. The zero-order valence-corrected chi connectivity index (χ0v) is 8.29. The Morgan fingerprint density at radius 3 is 3.00 bits per heavy atom. The van der Waals surface area contributed by atoms with Gasteiger partial charge in [0.1, 0.15) is 0 Å². The third kappa shape index (κ3) is 2.03. The first kappa shape index (κ1) is 9.44. The Morgan fingerprint density at radius 2 is 2.31 bits per heavy atom. The summed E-state index contributed by atoms with van der Waals surface area (Å²) in [4.78, 5) is 0. The van der Waals surface area contributed by atoms with E-state index in [0.717, 1.165) is 19.8 Å². The van der Waals surface area contributed by atoms with Gasteiger partial charge in [-0.3, -0.25) is 0 Å². The van der Waals surface area contributed by atoms with Crippen molar-refractivity contribution in [1.29, 1.82) is 0 Å². The zero-order chi connectivity index (χ0) is 9.10. The van der Waals surface area contributed by atoms with Crippen LogP contribution in [0.25, 0.3) is 0 Å². The average molecular weight is 185 g/mol. The van der Waals surface area contributed by atoms with Gasteiger partial charge in [0, 0.05) is 25.6 Å². The molecule has 0 amide bonds. The fourth-order valence-corrected chi connectivity index (χ4v) is 2.57. The molecule has 3 nitrogen and oxygen atoms in total. The van der Waals surface area contributed by atoms with Crippen molar-refractivity contribution in [2.75, 3.05) is 26.9 Å². The van der Waals surface area contributed by atoms with Gasteiger partial charge in [-0.25, -0.2) is 0 Å². The average Bonchev–Trinajstić information content (AvgIpc) is 2.67. The number of morpholine rings is 1. The number of hydrogen-bond donors (Lipinski definition) is 1. The molecular weight excluding hydrogens is 166 g/mol. The second-order valence-electron chi connectivity index (χ2n) is 4.00. The summed E-state index contributed by atoms with van der Waals surface area (Å²) < 4.78 is 11.0. The van der Waals surface area contributed by atoms with E-state index in [1.807, 2.05) is 7.11 Å². The van der Waals surface area contributed by atoms with Crippen LogP contribution in [-0.2, 0) is 9.47 Å². The molecule has 2 rings (SSSR count). The smallest absolute Gasteiger partial charge is 0.0623 e. The summed E-state index contributed by atoms with van der Waals surface area (Å²) in [6.07, 6.45) is 4.28. The minimum absolute atomic E-state index is 0.458. The van der Waals surface area contributed by atoms with Gasteiger partial charge in [-0.15, -0.1) is 0 Å². The van der Waals surface area contributed by atoms with Crippen LogP contribution >= 0.6 is 0 Å². The van der Waals surface area contributed by atoms with E-state index < -0.39 is 0 Å². The van der Waals surface area contributed by atoms with Gasteiger partial charge in [0.05, 0.1) is 19.3 Å². The van der Waals surface area contributed by atoms with Gasteiger partial charge in [-0.1, -0.05) is 6.42 Å². The number of nitrogens with one attached hydrogen (secondary N) is 1. The van der Waals surface area contributed by atoms with E-state index in [0.29, 0.717) is 18.1 Å². The molecular formula is C10H19NO2. The lowest BCUT2D eigenvalue weighted by molar-refractivity contribution is 0.00767. The Labute approximate surface area is 79.8 Å². The van der Waals surface area contributed by atoms with Crippen molar-refractivity contribution in [3.63, 3.8) is 0 Å². The Morgan fingerprint density at radius 1 is 1.38 bits per heavy atom. The highest BCUT2D eigenvalue weighted by Gasteiger charge is 2.34. The highest BCUT2D eigenvalue weighted by molar-refractivity contribution is 4.88. The third-order valence-corrected chi connectivity index (χ3v) is 3.27. The molecule has 3 atom stereocenters. The Balaban J connectivity index is 1.90. The molecule has 0 radical (unpaired) electrons. The number of ether oxygens (including phenoxy) is 2. The lowest BCUT2D eigenvalue weighted by atomic mass is 9.96. The van der Waals surface area contributed by atoms with Crippen LogP contribution in [0.4, 0.5) is 0 Å². The van der Waals surface area contributed by atoms with Gasteiger partial charge in [0.25, 0.3) is 0 Å². The third-order valence-electron chi connectivity index (χ3n) is 3.27. The minimum atomic E-state index is 0.458. The zero-order valence-electron chi connectivity index (χ0n) is 8.29. The lowest BCUT2D eigenvalue weighted by Crippen LogP contribution is -2.48. The normalized spacial score (nSPS) is 40.8. The highest BCUT2D eigenvalue weighted by atomic mass is 16.5. The number of hydrogen-bond acceptors (Lipinski definition) is 3. The van der Waals surface area contributed by atoms with Crippen molar-refractivity contribution in [2.45, 2.75) is 31.4 Å². The molecule has 0 bridgehead atoms. The molecule has 0 aromatic carbocycles.